The molecule has 0 spiro atoms. The van der Waals surface area contributed by atoms with Crippen LogP contribution in [0.4, 0.5) is 5.69 Å². The van der Waals surface area contributed by atoms with E-state index in [1.165, 1.54) is 13.3 Å². The van der Waals surface area contributed by atoms with Crippen molar-refractivity contribution in [2.45, 2.75) is 0 Å². The standard InChI is InChI=1S/C13H11BrN2O2/c1-18-12-8-9(6-7-15-12)13(17)16-11-5-3-2-4-10(11)14/h2-8H,1H3,(H,16,17). The number of pyridine rings is 1. The van der Waals surface area contributed by atoms with Gasteiger partial charge in [-0.05, 0) is 34.1 Å². The minimum Gasteiger partial charge on any atom is -0.481 e. The Morgan fingerprint density at radius 3 is 2.83 bits per heavy atom. The number of ether oxygens (including phenoxy) is 1. The third-order valence-electron chi connectivity index (χ3n) is 2.33. The van der Waals surface area contributed by atoms with E-state index in [0.29, 0.717) is 11.4 Å². The van der Waals surface area contributed by atoms with Crippen LogP contribution < -0.4 is 10.1 Å². The van der Waals surface area contributed by atoms with Gasteiger partial charge in [0.15, 0.2) is 0 Å². The molecule has 0 aliphatic carbocycles. The van der Waals surface area contributed by atoms with Gasteiger partial charge in [0, 0.05) is 22.3 Å². The Hall–Kier alpha value is -1.88. The largest absolute Gasteiger partial charge is 0.481 e. The summed E-state index contributed by atoms with van der Waals surface area (Å²) in [7, 11) is 1.51. The molecule has 92 valence electrons. The molecule has 0 unspecified atom stereocenters. The second-order valence-corrected chi connectivity index (χ2v) is 4.38. The molecule has 0 saturated heterocycles. The van der Waals surface area contributed by atoms with Crippen molar-refractivity contribution < 1.29 is 9.53 Å². The predicted octanol–water partition coefficient (Wildman–Crippen LogP) is 3.11. The molecule has 1 heterocycles. The highest BCUT2D eigenvalue weighted by Crippen LogP contribution is 2.22. The van der Waals surface area contributed by atoms with Crippen LogP contribution in [0.25, 0.3) is 0 Å². The number of rotatable bonds is 3. The van der Waals surface area contributed by atoms with Gasteiger partial charge in [-0.2, -0.15) is 0 Å². The second-order valence-electron chi connectivity index (χ2n) is 3.52. The fourth-order valence-corrected chi connectivity index (χ4v) is 1.80. The lowest BCUT2D eigenvalue weighted by molar-refractivity contribution is 0.102. The first-order chi connectivity index (χ1) is 8.70. The number of nitrogens with one attached hydrogen (secondary N) is 1. The molecule has 2 rings (SSSR count). The van der Waals surface area contributed by atoms with Gasteiger partial charge >= 0.3 is 0 Å². The molecule has 2 aromatic rings. The summed E-state index contributed by atoms with van der Waals surface area (Å²) in [5.41, 5.74) is 1.22. The highest BCUT2D eigenvalue weighted by Gasteiger charge is 2.09. The first-order valence-electron chi connectivity index (χ1n) is 5.26. The van der Waals surface area contributed by atoms with Crippen molar-refractivity contribution >= 4 is 27.5 Å². The molecule has 1 N–H and O–H groups in total. The van der Waals surface area contributed by atoms with Crippen molar-refractivity contribution in [2.24, 2.45) is 0 Å². The zero-order valence-corrected chi connectivity index (χ0v) is 11.3. The van der Waals surface area contributed by atoms with Gasteiger partial charge in [0.2, 0.25) is 5.88 Å². The summed E-state index contributed by atoms with van der Waals surface area (Å²) in [6.45, 7) is 0. The lowest BCUT2D eigenvalue weighted by atomic mass is 10.2. The Labute approximate surface area is 113 Å². The average molecular weight is 307 g/mol. The van der Waals surface area contributed by atoms with Gasteiger partial charge in [0.1, 0.15) is 0 Å². The number of halogens is 1. The fraction of sp³-hybridized carbons (Fsp3) is 0.0769. The molecule has 0 fully saturated rings. The summed E-state index contributed by atoms with van der Waals surface area (Å²) in [6.07, 6.45) is 1.54. The number of hydrogen-bond acceptors (Lipinski definition) is 3. The van der Waals surface area contributed by atoms with Gasteiger partial charge in [-0.25, -0.2) is 4.98 Å². The van der Waals surface area contributed by atoms with E-state index in [4.69, 9.17) is 4.74 Å². The maximum Gasteiger partial charge on any atom is 0.255 e. The Morgan fingerprint density at radius 1 is 1.33 bits per heavy atom. The van der Waals surface area contributed by atoms with E-state index in [9.17, 15) is 4.79 Å². The molecule has 1 aromatic carbocycles. The third kappa shape index (κ3) is 2.87. The summed E-state index contributed by atoms with van der Waals surface area (Å²) in [5.74, 6) is 0.206. The van der Waals surface area contributed by atoms with Crippen molar-refractivity contribution in [3.63, 3.8) is 0 Å². The minimum atomic E-state index is -0.206. The first kappa shape index (κ1) is 12.6. The van der Waals surface area contributed by atoms with Crippen LogP contribution in [0.1, 0.15) is 10.4 Å². The molecule has 4 nitrogen and oxygen atoms in total. The normalized spacial score (nSPS) is 9.89. The Balaban J connectivity index is 2.19. The highest BCUT2D eigenvalue weighted by atomic mass is 79.9. The molecule has 1 amide bonds. The molecule has 0 saturated carbocycles. The van der Waals surface area contributed by atoms with Gasteiger partial charge < -0.3 is 10.1 Å². The molecule has 0 aliphatic heterocycles. The number of amides is 1. The fourth-order valence-electron chi connectivity index (χ4n) is 1.42. The Kier molecular flexibility index (Phi) is 3.94. The number of carbonyl (C=O) groups excluding carboxylic acids is 1. The molecule has 0 atom stereocenters. The van der Waals surface area contributed by atoms with E-state index in [1.54, 1.807) is 12.1 Å². The number of nitrogens with zero attached hydrogens (tertiary/aromatic N) is 1. The van der Waals surface area contributed by atoms with Crippen LogP contribution in [0, 0.1) is 0 Å². The van der Waals surface area contributed by atoms with E-state index in [-0.39, 0.29) is 5.91 Å². The van der Waals surface area contributed by atoms with E-state index in [0.717, 1.165) is 10.2 Å². The van der Waals surface area contributed by atoms with Crippen LogP contribution in [0.5, 0.6) is 5.88 Å². The molecule has 0 radical (unpaired) electrons. The topological polar surface area (TPSA) is 51.2 Å². The van der Waals surface area contributed by atoms with Crippen molar-refractivity contribution in [3.8, 4) is 5.88 Å². The molecule has 18 heavy (non-hydrogen) atoms. The van der Waals surface area contributed by atoms with Gasteiger partial charge in [0.05, 0.1) is 12.8 Å². The molecular formula is C13H11BrN2O2. The third-order valence-corrected chi connectivity index (χ3v) is 3.02. The number of para-hydroxylation sites is 1. The predicted molar refractivity (Wildman–Crippen MR) is 72.9 cm³/mol. The molecule has 5 heteroatoms. The number of benzene rings is 1. The van der Waals surface area contributed by atoms with Gasteiger partial charge in [0.25, 0.3) is 5.91 Å². The lowest BCUT2D eigenvalue weighted by Gasteiger charge is -2.07. The summed E-state index contributed by atoms with van der Waals surface area (Å²) in [6, 6.07) is 10.6. The van der Waals surface area contributed by atoms with Gasteiger partial charge in [-0.1, -0.05) is 12.1 Å². The van der Waals surface area contributed by atoms with E-state index < -0.39 is 0 Å². The van der Waals surface area contributed by atoms with Crippen molar-refractivity contribution in [1.82, 2.24) is 4.98 Å². The number of hydrogen-bond donors (Lipinski definition) is 1. The van der Waals surface area contributed by atoms with Crippen molar-refractivity contribution in [1.29, 1.82) is 0 Å². The van der Waals surface area contributed by atoms with Gasteiger partial charge in [-0.3, -0.25) is 4.79 Å². The van der Waals surface area contributed by atoms with E-state index >= 15 is 0 Å². The first-order valence-corrected chi connectivity index (χ1v) is 6.06. The summed E-state index contributed by atoms with van der Waals surface area (Å²) in [4.78, 5) is 16.0. The number of methoxy groups -OCH3 is 1. The van der Waals surface area contributed by atoms with Crippen LogP contribution in [-0.4, -0.2) is 18.0 Å². The molecular weight excluding hydrogens is 296 g/mol. The summed E-state index contributed by atoms with van der Waals surface area (Å²) >= 11 is 3.37. The Bertz CT molecular complexity index is 572. The van der Waals surface area contributed by atoms with Crippen LogP contribution in [0.15, 0.2) is 47.1 Å². The maximum absolute atomic E-state index is 12.0. The SMILES string of the molecule is COc1cc(C(=O)Nc2ccccc2Br)ccn1. The number of anilines is 1. The lowest BCUT2D eigenvalue weighted by Crippen LogP contribution is -2.12. The molecule has 1 aromatic heterocycles. The summed E-state index contributed by atoms with van der Waals surface area (Å²) < 4.78 is 5.81. The quantitative estimate of drug-likeness (QED) is 0.948. The zero-order chi connectivity index (χ0) is 13.0. The summed E-state index contributed by atoms with van der Waals surface area (Å²) in [5, 5.41) is 2.81. The monoisotopic (exact) mass is 306 g/mol. The zero-order valence-electron chi connectivity index (χ0n) is 9.68. The Morgan fingerprint density at radius 2 is 2.11 bits per heavy atom. The van der Waals surface area contributed by atoms with Crippen LogP contribution in [-0.2, 0) is 0 Å². The van der Waals surface area contributed by atoms with Crippen LogP contribution in [0.2, 0.25) is 0 Å². The minimum absolute atomic E-state index is 0.206. The number of carbonyl (C=O) groups is 1. The highest BCUT2D eigenvalue weighted by molar-refractivity contribution is 9.10. The average Bonchev–Trinajstić information content (AvgIpc) is 2.41. The molecule has 0 aliphatic rings. The van der Waals surface area contributed by atoms with Crippen molar-refractivity contribution in [3.05, 3.63) is 52.6 Å². The maximum atomic E-state index is 12.0. The van der Waals surface area contributed by atoms with E-state index in [1.807, 2.05) is 24.3 Å². The van der Waals surface area contributed by atoms with Crippen LogP contribution in [0.3, 0.4) is 0 Å². The van der Waals surface area contributed by atoms with Gasteiger partial charge in [-0.15, -0.1) is 0 Å². The second kappa shape index (κ2) is 5.64. The smallest absolute Gasteiger partial charge is 0.255 e. The molecule has 0 bridgehead atoms. The van der Waals surface area contributed by atoms with Crippen LogP contribution >= 0.6 is 15.9 Å². The number of aromatic nitrogens is 1. The van der Waals surface area contributed by atoms with Crippen molar-refractivity contribution in [2.75, 3.05) is 12.4 Å². The van der Waals surface area contributed by atoms with E-state index in [2.05, 4.69) is 26.2 Å².